The van der Waals surface area contributed by atoms with Crippen LogP contribution in [0.1, 0.15) is 24.7 Å². The minimum atomic E-state index is 0.890. The third-order valence-electron chi connectivity index (χ3n) is 2.58. The number of fused-ring (bicyclic) bond motifs is 1. The number of rotatable bonds is 5. The van der Waals surface area contributed by atoms with E-state index in [1.165, 1.54) is 5.69 Å². The summed E-state index contributed by atoms with van der Waals surface area (Å²) in [6.45, 7) is 6.03. The number of aryl methyl sites for hydroxylation is 1. The third kappa shape index (κ3) is 2.33. The number of thiazole rings is 1. The van der Waals surface area contributed by atoms with Gasteiger partial charge < -0.3 is 5.32 Å². The first kappa shape index (κ1) is 11.4. The van der Waals surface area contributed by atoms with E-state index in [9.17, 15) is 0 Å². The predicted octanol–water partition coefficient (Wildman–Crippen LogP) is 2.76. The van der Waals surface area contributed by atoms with Crippen LogP contribution in [-0.2, 0) is 6.54 Å². The minimum absolute atomic E-state index is 0.890. The number of hydrogen-bond donors (Lipinski definition) is 1. The Kier molecular flexibility index (Phi) is 3.74. The maximum Gasteiger partial charge on any atom is 0.194 e. The monoisotopic (exact) mass is 235 g/mol. The highest BCUT2D eigenvalue weighted by Gasteiger charge is 2.07. The van der Waals surface area contributed by atoms with E-state index < -0.39 is 0 Å². The lowest BCUT2D eigenvalue weighted by Gasteiger charge is -2.03. The lowest BCUT2D eigenvalue weighted by Crippen LogP contribution is -2.15. The van der Waals surface area contributed by atoms with Gasteiger partial charge in [-0.1, -0.05) is 12.2 Å². The maximum atomic E-state index is 4.52. The van der Waals surface area contributed by atoms with Crippen LogP contribution in [0, 0.1) is 6.92 Å². The van der Waals surface area contributed by atoms with Gasteiger partial charge in [-0.3, -0.25) is 4.40 Å². The number of allylic oxidation sites excluding steroid dienone is 1. The highest BCUT2D eigenvalue weighted by atomic mass is 32.1. The topological polar surface area (TPSA) is 29.3 Å². The predicted molar refractivity (Wildman–Crippen MR) is 68.9 cm³/mol. The molecular weight excluding hydrogens is 218 g/mol. The van der Waals surface area contributed by atoms with Crippen molar-refractivity contribution in [3.63, 3.8) is 0 Å². The number of nitrogens with one attached hydrogen (secondary N) is 1. The van der Waals surface area contributed by atoms with Gasteiger partial charge in [0.15, 0.2) is 4.96 Å². The summed E-state index contributed by atoms with van der Waals surface area (Å²) in [4.78, 5) is 5.60. The van der Waals surface area contributed by atoms with Crippen LogP contribution in [0.2, 0.25) is 0 Å². The van der Waals surface area contributed by atoms with Crippen molar-refractivity contribution in [1.82, 2.24) is 14.7 Å². The number of aromatic nitrogens is 2. The van der Waals surface area contributed by atoms with Gasteiger partial charge in [0, 0.05) is 18.1 Å². The smallest absolute Gasteiger partial charge is 0.194 e. The Morgan fingerprint density at radius 3 is 3.25 bits per heavy atom. The lowest BCUT2D eigenvalue weighted by molar-refractivity contribution is 0.675. The van der Waals surface area contributed by atoms with Crippen LogP contribution >= 0.6 is 11.3 Å². The molecule has 0 saturated carbocycles. The van der Waals surface area contributed by atoms with Crippen molar-refractivity contribution < 1.29 is 0 Å². The van der Waals surface area contributed by atoms with Gasteiger partial charge in [-0.25, -0.2) is 4.98 Å². The molecule has 0 bridgehead atoms. The molecule has 3 nitrogen and oxygen atoms in total. The van der Waals surface area contributed by atoms with Gasteiger partial charge in [-0.15, -0.1) is 11.3 Å². The van der Waals surface area contributed by atoms with Gasteiger partial charge in [0.2, 0.25) is 0 Å². The number of nitrogens with zero attached hydrogens (tertiary/aromatic N) is 2. The Morgan fingerprint density at radius 2 is 2.44 bits per heavy atom. The van der Waals surface area contributed by atoms with E-state index in [0.29, 0.717) is 0 Å². The van der Waals surface area contributed by atoms with Gasteiger partial charge in [-0.05, 0) is 26.8 Å². The zero-order chi connectivity index (χ0) is 11.4. The largest absolute Gasteiger partial charge is 0.311 e. The molecule has 0 fully saturated rings. The van der Waals surface area contributed by atoms with Crippen molar-refractivity contribution in [2.24, 2.45) is 0 Å². The average molecular weight is 235 g/mol. The molecule has 0 aliphatic rings. The van der Waals surface area contributed by atoms with Crippen LogP contribution in [0.15, 0.2) is 23.7 Å². The van der Waals surface area contributed by atoms with E-state index in [4.69, 9.17) is 0 Å². The molecule has 0 atom stereocenters. The van der Waals surface area contributed by atoms with Crippen LogP contribution in [-0.4, -0.2) is 15.9 Å². The molecule has 0 aromatic carbocycles. The van der Waals surface area contributed by atoms with E-state index in [-0.39, 0.29) is 0 Å². The molecule has 2 aromatic heterocycles. The van der Waals surface area contributed by atoms with Crippen LogP contribution in [0.5, 0.6) is 0 Å². The quantitative estimate of drug-likeness (QED) is 0.638. The van der Waals surface area contributed by atoms with Gasteiger partial charge in [-0.2, -0.15) is 0 Å². The molecule has 0 amide bonds. The summed E-state index contributed by atoms with van der Waals surface area (Å²) in [7, 11) is 0. The molecule has 0 aliphatic heterocycles. The average Bonchev–Trinajstić information content (AvgIpc) is 2.80. The summed E-state index contributed by atoms with van der Waals surface area (Å²) < 4.78 is 2.17. The Balaban J connectivity index is 1.97. The fourth-order valence-electron chi connectivity index (χ4n) is 1.71. The standard InChI is InChI=1S/C12H17N3S/c1-3-4-5-6-13-9-11-10(2)14-12-15(11)7-8-16-12/h3-4,7-8,13H,5-6,9H2,1-2H3/b4-3+. The second kappa shape index (κ2) is 5.27. The normalized spacial score (nSPS) is 11.9. The molecule has 1 N–H and O–H groups in total. The van der Waals surface area contributed by atoms with Crippen molar-refractivity contribution in [2.75, 3.05) is 6.54 Å². The Labute approximate surface area is 99.8 Å². The van der Waals surface area contributed by atoms with Crippen molar-refractivity contribution in [1.29, 1.82) is 0 Å². The summed E-state index contributed by atoms with van der Waals surface area (Å²) >= 11 is 1.68. The molecule has 0 unspecified atom stereocenters. The summed E-state index contributed by atoms with van der Waals surface area (Å²) in [6.07, 6.45) is 7.43. The summed E-state index contributed by atoms with van der Waals surface area (Å²) in [5.74, 6) is 0. The molecule has 86 valence electrons. The van der Waals surface area contributed by atoms with Gasteiger partial charge >= 0.3 is 0 Å². The molecule has 0 saturated heterocycles. The summed E-state index contributed by atoms with van der Waals surface area (Å²) in [5, 5.41) is 5.51. The molecule has 0 aliphatic carbocycles. The summed E-state index contributed by atoms with van der Waals surface area (Å²) in [5.41, 5.74) is 2.40. The second-order valence-corrected chi connectivity index (χ2v) is 4.61. The third-order valence-corrected chi connectivity index (χ3v) is 3.33. The lowest BCUT2D eigenvalue weighted by atomic mass is 10.3. The van der Waals surface area contributed by atoms with Gasteiger partial charge in [0.05, 0.1) is 11.4 Å². The highest BCUT2D eigenvalue weighted by molar-refractivity contribution is 7.15. The fraction of sp³-hybridized carbons (Fsp3) is 0.417. The van der Waals surface area contributed by atoms with Crippen LogP contribution < -0.4 is 5.32 Å². The summed E-state index contributed by atoms with van der Waals surface area (Å²) in [6, 6.07) is 0. The molecular formula is C12H17N3S. The first-order chi connectivity index (χ1) is 7.83. The Bertz CT molecular complexity index is 481. The van der Waals surface area contributed by atoms with E-state index >= 15 is 0 Å². The molecule has 2 heterocycles. The van der Waals surface area contributed by atoms with Crippen LogP contribution in [0.3, 0.4) is 0 Å². The Hall–Kier alpha value is -1.13. The Morgan fingerprint density at radius 1 is 1.56 bits per heavy atom. The SMILES string of the molecule is C/C=C/CCNCc1c(C)nc2sccn12. The van der Waals surface area contributed by atoms with Crippen molar-refractivity contribution in [3.8, 4) is 0 Å². The number of hydrogen-bond acceptors (Lipinski definition) is 3. The first-order valence-electron chi connectivity index (χ1n) is 5.56. The second-order valence-electron chi connectivity index (χ2n) is 3.73. The molecule has 0 spiro atoms. The van der Waals surface area contributed by atoms with Crippen molar-refractivity contribution in [3.05, 3.63) is 35.1 Å². The molecule has 4 heteroatoms. The fourth-order valence-corrected chi connectivity index (χ4v) is 2.49. The van der Waals surface area contributed by atoms with E-state index in [1.807, 2.05) is 0 Å². The maximum absolute atomic E-state index is 4.52. The van der Waals surface area contributed by atoms with Crippen LogP contribution in [0.25, 0.3) is 4.96 Å². The van der Waals surface area contributed by atoms with E-state index in [1.54, 1.807) is 11.3 Å². The van der Waals surface area contributed by atoms with Crippen LogP contribution in [0.4, 0.5) is 0 Å². The van der Waals surface area contributed by atoms with E-state index in [0.717, 1.165) is 30.2 Å². The molecule has 0 radical (unpaired) electrons. The van der Waals surface area contributed by atoms with E-state index in [2.05, 4.69) is 52.3 Å². The minimum Gasteiger partial charge on any atom is -0.311 e. The first-order valence-corrected chi connectivity index (χ1v) is 6.44. The molecule has 2 aromatic rings. The van der Waals surface area contributed by atoms with Crippen molar-refractivity contribution >= 4 is 16.3 Å². The van der Waals surface area contributed by atoms with Crippen molar-refractivity contribution in [2.45, 2.75) is 26.8 Å². The van der Waals surface area contributed by atoms with Gasteiger partial charge in [0.25, 0.3) is 0 Å². The zero-order valence-corrected chi connectivity index (χ0v) is 10.5. The highest BCUT2D eigenvalue weighted by Crippen LogP contribution is 2.16. The molecule has 16 heavy (non-hydrogen) atoms. The van der Waals surface area contributed by atoms with Gasteiger partial charge in [0.1, 0.15) is 0 Å². The molecule has 2 rings (SSSR count). The number of imidazole rings is 1. The zero-order valence-electron chi connectivity index (χ0n) is 9.73.